The third-order valence-electron chi connectivity index (χ3n) is 7.05. The van der Waals surface area contributed by atoms with Crippen LogP contribution < -0.4 is 14.8 Å². The lowest BCUT2D eigenvalue weighted by Crippen LogP contribution is -2.43. The van der Waals surface area contributed by atoms with Gasteiger partial charge in [-0.05, 0) is 62.6 Å². The summed E-state index contributed by atoms with van der Waals surface area (Å²) in [5.41, 5.74) is 3.56. The number of esters is 2. The molecule has 0 bridgehead atoms. The Morgan fingerprint density at radius 3 is 1.95 bits per heavy atom. The number of carbonyl (C=O) groups excluding carboxylic acids is 3. The highest BCUT2D eigenvalue weighted by molar-refractivity contribution is 6.13. The van der Waals surface area contributed by atoms with Crippen molar-refractivity contribution >= 4 is 17.7 Å². The van der Waals surface area contributed by atoms with Crippen LogP contribution in [0.3, 0.4) is 0 Å². The molecule has 0 saturated heterocycles. The van der Waals surface area contributed by atoms with Crippen LogP contribution in [0, 0.1) is 5.92 Å². The van der Waals surface area contributed by atoms with Crippen molar-refractivity contribution in [3.8, 4) is 11.5 Å². The van der Waals surface area contributed by atoms with Gasteiger partial charge in [-0.3, -0.25) is 9.59 Å². The number of methoxy groups -OCH3 is 2. The number of allylic oxidation sites excluding steroid dienone is 3. The summed E-state index contributed by atoms with van der Waals surface area (Å²) in [4.78, 5) is 40.7. The smallest absolute Gasteiger partial charge is 0.336 e. The van der Waals surface area contributed by atoms with E-state index in [1.54, 1.807) is 47.1 Å². The lowest BCUT2D eigenvalue weighted by Gasteiger charge is -2.39. The molecule has 1 aliphatic heterocycles. The standard InChI is InChI=1S/C30H33NO7/c1-6-37-29(33)24-17(3)31-23-16-22(18-8-12-20(35-4)13-9-18)26(30(34)38-7-2)28(32)27(23)25(24)19-10-14-21(36-5)15-11-19/h8-15,22,25-26,31H,6-7,16H2,1-5H3/t22-,25-,26-/m1/s1. The number of rotatable bonds is 8. The zero-order valence-electron chi connectivity index (χ0n) is 22.3. The van der Waals surface area contributed by atoms with Gasteiger partial charge in [-0.25, -0.2) is 4.79 Å². The summed E-state index contributed by atoms with van der Waals surface area (Å²) in [5.74, 6) is -2.36. The van der Waals surface area contributed by atoms with Gasteiger partial charge < -0.3 is 24.3 Å². The molecular weight excluding hydrogens is 486 g/mol. The summed E-state index contributed by atoms with van der Waals surface area (Å²) >= 11 is 0. The molecule has 2 aromatic rings. The number of benzene rings is 2. The average molecular weight is 520 g/mol. The summed E-state index contributed by atoms with van der Waals surface area (Å²) in [6, 6.07) is 14.6. The fourth-order valence-electron chi connectivity index (χ4n) is 5.31. The zero-order chi connectivity index (χ0) is 27.4. The van der Waals surface area contributed by atoms with Crippen molar-refractivity contribution in [2.75, 3.05) is 27.4 Å². The molecule has 0 aromatic heterocycles. The quantitative estimate of drug-likeness (QED) is 0.404. The zero-order valence-corrected chi connectivity index (χ0v) is 22.3. The summed E-state index contributed by atoms with van der Waals surface area (Å²) in [7, 11) is 3.15. The number of ketones is 1. The van der Waals surface area contributed by atoms with E-state index in [1.807, 2.05) is 36.4 Å². The van der Waals surface area contributed by atoms with E-state index >= 15 is 0 Å². The molecule has 1 aliphatic carbocycles. The Hall–Kier alpha value is -4.07. The van der Waals surface area contributed by atoms with Gasteiger partial charge >= 0.3 is 11.9 Å². The minimum atomic E-state index is -1.06. The van der Waals surface area contributed by atoms with Gasteiger partial charge in [0, 0.05) is 28.8 Å². The molecule has 1 N–H and O–H groups in total. The van der Waals surface area contributed by atoms with Gasteiger partial charge in [0.25, 0.3) is 0 Å². The summed E-state index contributed by atoms with van der Waals surface area (Å²) in [6.45, 7) is 5.59. The van der Waals surface area contributed by atoms with Gasteiger partial charge in [0.1, 0.15) is 17.4 Å². The van der Waals surface area contributed by atoms with Crippen molar-refractivity contribution in [3.63, 3.8) is 0 Å². The molecule has 4 rings (SSSR count). The van der Waals surface area contributed by atoms with Crippen molar-refractivity contribution in [1.82, 2.24) is 5.32 Å². The normalized spacial score (nSPS) is 20.9. The lowest BCUT2D eigenvalue weighted by molar-refractivity contribution is -0.152. The van der Waals surface area contributed by atoms with Crippen LogP contribution in [-0.4, -0.2) is 45.2 Å². The maximum Gasteiger partial charge on any atom is 0.336 e. The van der Waals surface area contributed by atoms with E-state index in [1.165, 1.54) is 0 Å². The number of hydrogen-bond acceptors (Lipinski definition) is 8. The van der Waals surface area contributed by atoms with E-state index in [0.717, 1.165) is 11.1 Å². The predicted molar refractivity (Wildman–Crippen MR) is 141 cm³/mol. The van der Waals surface area contributed by atoms with Crippen LogP contribution in [-0.2, 0) is 23.9 Å². The van der Waals surface area contributed by atoms with Crippen LogP contribution in [0.4, 0.5) is 0 Å². The van der Waals surface area contributed by atoms with Crippen molar-refractivity contribution in [1.29, 1.82) is 0 Å². The molecule has 0 radical (unpaired) electrons. The minimum absolute atomic E-state index is 0.150. The Kier molecular flexibility index (Phi) is 8.20. The van der Waals surface area contributed by atoms with Gasteiger partial charge in [-0.2, -0.15) is 0 Å². The van der Waals surface area contributed by atoms with Crippen LogP contribution in [0.1, 0.15) is 50.2 Å². The molecule has 3 atom stereocenters. The molecular formula is C30H33NO7. The Labute approximate surface area is 222 Å². The van der Waals surface area contributed by atoms with Gasteiger partial charge in [0.15, 0.2) is 5.78 Å². The number of nitrogens with one attached hydrogen (secondary N) is 1. The van der Waals surface area contributed by atoms with Crippen molar-refractivity contribution < 1.29 is 33.3 Å². The molecule has 1 heterocycles. The second-order valence-electron chi connectivity index (χ2n) is 9.16. The summed E-state index contributed by atoms with van der Waals surface area (Å²) < 4.78 is 21.4. The molecule has 0 fully saturated rings. The average Bonchev–Trinajstić information content (AvgIpc) is 2.92. The van der Waals surface area contributed by atoms with E-state index in [4.69, 9.17) is 18.9 Å². The first-order chi connectivity index (χ1) is 18.3. The molecule has 0 spiro atoms. The first kappa shape index (κ1) is 27.0. The maximum absolute atomic E-state index is 14.3. The van der Waals surface area contributed by atoms with Crippen LogP contribution in [0.25, 0.3) is 0 Å². The third-order valence-corrected chi connectivity index (χ3v) is 7.05. The van der Waals surface area contributed by atoms with Crippen molar-refractivity contribution in [3.05, 3.63) is 82.2 Å². The minimum Gasteiger partial charge on any atom is -0.497 e. The van der Waals surface area contributed by atoms with Crippen molar-refractivity contribution in [2.45, 2.75) is 39.0 Å². The van der Waals surface area contributed by atoms with Gasteiger partial charge in [0.2, 0.25) is 0 Å². The van der Waals surface area contributed by atoms with E-state index in [9.17, 15) is 14.4 Å². The Bertz CT molecular complexity index is 1270. The van der Waals surface area contributed by atoms with E-state index in [0.29, 0.717) is 40.5 Å². The molecule has 200 valence electrons. The second kappa shape index (κ2) is 11.5. The molecule has 38 heavy (non-hydrogen) atoms. The summed E-state index contributed by atoms with van der Waals surface area (Å²) in [5, 5.41) is 3.31. The molecule has 8 nitrogen and oxygen atoms in total. The lowest BCUT2D eigenvalue weighted by atomic mass is 9.67. The van der Waals surface area contributed by atoms with Gasteiger partial charge in [-0.15, -0.1) is 0 Å². The van der Waals surface area contributed by atoms with E-state index in [-0.39, 0.29) is 19.0 Å². The highest BCUT2D eigenvalue weighted by atomic mass is 16.5. The number of Topliss-reactive ketones (excluding diaryl/α,β-unsaturated/α-hetero) is 1. The topological polar surface area (TPSA) is 100 Å². The Morgan fingerprint density at radius 2 is 1.42 bits per heavy atom. The number of hydrogen-bond donors (Lipinski definition) is 1. The maximum atomic E-state index is 14.3. The van der Waals surface area contributed by atoms with Crippen LogP contribution in [0.5, 0.6) is 11.5 Å². The molecule has 8 heteroatoms. The Balaban J connectivity index is 1.87. The first-order valence-electron chi connectivity index (χ1n) is 12.7. The Morgan fingerprint density at radius 1 is 0.868 bits per heavy atom. The van der Waals surface area contributed by atoms with Gasteiger partial charge in [0.05, 0.1) is 33.0 Å². The van der Waals surface area contributed by atoms with Crippen LogP contribution >= 0.6 is 0 Å². The highest BCUT2D eigenvalue weighted by Gasteiger charge is 2.49. The number of carbonyl (C=O) groups is 3. The number of dihydropyridines is 1. The number of ether oxygens (including phenoxy) is 4. The monoisotopic (exact) mass is 519 g/mol. The largest absolute Gasteiger partial charge is 0.497 e. The fraction of sp³-hybridized carbons (Fsp3) is 0.367. The predicted octanol–water partition coefficient (Wildman–Crippen LogP) is 4.42. The fourth-order valence-corrected chi connectivity index (χ4v) is 5.31. The SMILES string of the molecule is CCOC(=O)C1=C(C)NC2=C(C(=O)[C@H](C(=O)OCC)[C@@H](c3ccc(OC)cc3)C2)[C@@H]1c1ccc(OC)cc1. The van der Waals surface area contributed by atoms with Crippen molar-refractivity contribution in [2.24, 2.45) is 5.92 Å². The summed E-state index contributed by atoms with van der Waals surface area (Å²) in [6.07, 6.45) is 0.386. The van der Waals surface area contributed by atoms with E-state index < -0.39 is 29.7 Å². The molecule has 2 aliphatic rings. The second-order valence-corrected chi connectivity index (χ2v) is 9.16. The molecule has 0 amide bonds. The van der Waals surface area contributed by atoms with E-state index in [2.05, 4.69) is 5.32 Å². The molecule has 2 aromatic carbocycles. The highest BCUT2D eigenvalue weighted by Crippen LogP contribution is 2.48. The van der Waals surface area contributed by atoms with Crippen LogP contribution in [0.2, 0.25) is 0 Å². The first-order valence-corrected chi connectivity index (χ1v) is 12.7. The third kappa shape index (κ3) is 5.03. The van der Waals surface area contributed by atoms with Gasteiger partial charge in [-0.1, -0.05) is 24.3 Å². The molecule has 0 unspecified atom stereocenters. The molecule has 0 saturated carbocycles. The van der Waals surface area contributed by atoms with Crippen LogP contribution in [0.15, 0.2) is 71.1 Å².